The van der Waals surface area contributed by atoms with Gasteiger partial charge in [0.1, 0.15) is 0 Å². The van der Waals surface area contributed by atoms with Gasteiger partial charge in [-0.15, -0.1) is 0 Å². The van der Waals surface area contributed by atoms with Crippen LogP contribution in [0.2, 0.25) is 5.02 Å². The topological polar surface area (TPSA) is 29.1 Å². The smallest absolute Gasteiger partial charge is 0.0503 e. The van der Waals surface area contributed by atoms with Crippen LogP contribution in [0.25, 0.3) is 0 Å². The van der Waals surface area contributed by atoms with Crippen molar-refractivity contribution in [1.82, 2.24) is 5.32 Å². The van der Waals surface area contributed by atoms with Crippen LogP contribution in [0.3, 0.4) is 0 Å². The van der Waals surface area contributed by atoms with E-state index in [2.05, 4.69) is 5.32 Å². The molecule has 0 aromatic heterocycles. The van der Waals surface area contributed by atoms with Crippen LogP contribution in [-0.2, 0) is 16.6 Å². The molecule has 1 aromatic carbocycles. The molecule has 1 fully saturated rings. The Labute approximate surface area is 110 Å². The highest BCUT2D eigenvalue weighted by Gasteiger charge is 2.28. The molecular formula is C13H18ClNOS. The first-order valence-corrected chi connectivity index (χ1v) is 7.74. The fourth-order valence-corrected chi connectivity index (χ4v) is 4.25. The van der Waals surface area contributed by atoms with Crippen LogP contribution in [0, 0.1) is 0 Å². The fourth-order valence-electron chi connectivity index (χ4n) is 2.33. The normalized spacial score (nSPS) is 26.0. The quantitative estimate of drug-likeness (QED) is 0.912. The molecule has 3 unspecified atom stereocenters. The lowest BCUT2D eigenvalue weighted by Crippen LogP contribution is -2.23. The zero-order valence-corrected chi connectivity index (χ0v) is 11.6. The largest absolute Gasteiger partial charge is 0.317 e. The van der Waals surface area contributed by atoms with Gasteiger partial charge in [0.05, 0.1) is 5.75 Å². The molecule has 1 N–H and O–H groups in total. The van der Waals surface area contributed by atoms with Crippen molar-refractivity contribution in [2.75, 3.05) is 7.05 Å². The first-order valence-electron chi connectivity index (χ1n) is 5.98. The first kappa shape index (κ1) is 13.1. The third-order valence-corrected chi connectivity index (χ3v) is 5.56. The van der Waals surface area contributed by atoms with Gasteiger partial charge in [-0.25, -0.2) is 0 Å². The summed E-state index contributed by atoms with van der Waals surface area (Å²) in [4.78, 5) is 0. The first-order chi connectivity index (χ1) is 8.20. The Balaban J connectivity index is 1.96. The summed E-state index contributed by atoms with van der Waals surface area (Å²) < 4.78 is 12.3. The third kappa shape index (κ3) is 3.30. The van der Waals surface area contributed by atoms with Gasteiger partial charge in [0.15, 0.2) is 0 Å². The van der Waals surface area contributed by atoms with E-state index < -0.39 is 10.8 Å². The van der Waals surface area contributed by atoms with Crippen LogP contribution in [0.15, 0.2) is 24.3 Å². The molecule has 1 aliphatic carbocycles. The molecule has 0 aliphatic heterocycles. The monoisotopic (exact) mass is 271 g/mol. The van der Waals surface area contributed by atoms with E-state index in [9.17, 15) is 4.21 Å². The third-order valence-electron chi connectivity index (χ3n) is 3.42. The number of benzene rings is 1. The van der Waals surface area contributed by atoms with Gasteiger partial charge in [-0.3, -0.25) is 4.21 Å². The molecule has 0 bridgehead atoms. The summed E-state index contributed by atoms with van der Waals surface area (Å²) in [6, 6.07) is 8.21. The molecule has 0 amide bonds. The van der Waals surface area contributed by atoms with Crippen molar-refractivity contribution in [2.45, 2.75) is 36.3 Å². The Hall–Kier alpha value is -0.380. The molecule has 0 radical (unpaired) electrons. The Kier molecular flexibility index (Phi) is 4.60. The molecule has 3 atom stereocenters. The molecule has 94 valence electrons. The maximum Gasteiger partial charge on any atom is 0.0503 e. The zero-order chi connectivity index (χ0) is 12.3. The molecule has 2 nitrogen and oxygen atoms in total. The molecule has 2 rings (SSSR count). The standard InChI is InChI=1S/C13H18ClNOS/c1-15-11-6-7-12(8-11)17(16)9-10-4-2-3-5-13(10)14/h2-5,11-12,15H,6-9H2,1H3. The lowest BCUT2D eigenvalue weighted by atomic mass is 10.2. The van der Waals surface area contributed by atoms with Crippen molar-refractivity contribution in [3.8, 4) is 0 Å². The minimum atomic E-state index is -0.803. The Morgan fingerprint density at radius 1 is 1.41 bits per heavy atom. The van der Waals surface area contributed by atoms with Crippen molar-refractivity contribution in [3.63, 3.8) is 0 Å². The fraction of sp³-hybridized carbons (Fsp3) is 0.538. The van der Waals surface area contributed by atoms with Crippen LogP contribution in [-0.4, -0.2) is 22.5 Å². The second-order valence-corrected chi connectivity index (χ2v) is 6.66. The lowest BCUT2D eigenvalue weighted by molar-refractivity contribution is 0.581. The number of nitrogens with one attached hydrogen (secondary N) is 1. The van der Waals surface area contributed by atoms with Gasteiger partial charge < -0.3 is 5.32 Å². The summed E-state index contributed by atoms with van der Waals surface area (Å²) in [5, 5.41) is 4.31. The van der Waals surface area contributed by atoms with Crippen molar-refractivity contribution >= 4 is 22.4 Å². The maximum atomic E-state index is 12.3. The number of halogens is 1. The van der Waals surface area contributed by atoms with Crippen molar-refractivity contribution in [1.29, 1.82) is 0 Å². The minimum absolute atomic E-state index is 0.323. The summed E-state index contributed by atoms with van der Waals surface area (Å²) in [5.41, 5.74) is 1.00. The highest BCUT2D eigenvalue weighted by molar-refractivity contribution is 7.84. The van der Waals surface area contributed by atoms with Gasteiger partial charge in [-0.2, -0.15) is 0 Å². The lowest BCUT2D eigenvalue weighted by Gasteiger charge is -2.11. The molecule has 0 spiro atoms. The predicted octanol–water partition coefficient (Wildman–Crippen LogP) is 2.73. The van der Waals surface area contributed by atoms with Gasteiger partial charge >= 0.3 is 0 Å². The maximum absolute atomic E-state index is 12.3. The number of rotatable bonds is 4. The van der Waals surface area contributed by atoms with E-state index in [0.717, 1.165) is 29.8 Å². The summed E-state index contributed by atoms with van der Waals surface area (Å²) in [6.07, 6.45) is 3.21. The number of hydrogen-bond acceptors (Lipinski definition) is 2. The summed E-state index contributed by atoms with van der Waals surface area (Å²) in [7, 11) is 1.17. The highest BCUT2D eigenvalue weighted by atomic mass is 35.5. The van der Waals surface area contributed by atoms with Crippen LogP contribution < -0.4 is 5.32 Å². The van der Waals surface area contributed by atoms with Crippen LogP contribution in [0.4, 0.5) is 0 Å². The summed E-state index contributed by atoms with van der Waals surface area (Å²) >= 11 is 6.08. The van der Waals surface area contributed by atoms with Gasteiger partial charge in [0.2, 0.25) is 0 Å². The van der Waals surface area contributed by atoms with E-state index in [4.69, 9.17) is 11.6 Å². The summed E-state index contributed by atoms with van der Waals surface area (Å²) in [5.74, 6) is 0.584. The Morgan fingerprint density at radius 3 is 2.82 bits per heavy atom. The van der Waals surface area contributed by atoms with E-state index in [0.29, 0.717) is 17.0 Å². The molecule has 0 heterocycles. The molecular weight excluding hydrogens is 254 g/mol. The predicted molar refractivity (Wildman–Crippen MR) is 73.8 cm³/mol. The van der Waals surface area contributed by atoms with E-state index in [1.54, 1.807) is 0 Å². The SMILES string of the molecule is CNC1CCC(S(=O)Cc2ccccc2Cl)C1. The highest BCUT2D eigenvalue weighted by Crippen LogP contribution is 2.26. The van der Waals surface area contributed by atoms with Gasteiger partial charge in [-0.1, -0.05) is 29.8 Å². The van der Waals surface area contributed by atoms with Gasteiger partial charge in [-0.05, 0) is 37.9 Å². The molecule has 4 heteroatoms. The molecule has 1 aliphatic rings. The van der Waals surface area contributed by atoms with E-state index in [-0.39, 0.29) is 0 Å². The second-order valence-electron chi connectivity index (χ2n) is 4.54. The molecule has 1 aromatic rings. The molecule has 17 heavy (non-hydrogen) atoms. The van der Waals surface area contributed by atoms with Crippen molar-refractivity contribution in [3.05, 3.63) is 34.9 Å². The average molecular weight is 272 g/mol. The van der Waals surface area contributed by atoms with Crippen LogP contribution >= 0.6 is 11.6 Å². The molecule has 1 saturated carbocycles. The van der Waals surface area contributed by atoms with Gasteiger partial charge in [0, 0.05) is 27.1 Å². The number of hydrogen-bond donors (Lipinski definition) is 1. The Morgan fingerprint density at radius 2 is 2.18 bits per heavy atom. The van der Waals surface area contributed by atoms with Crippen molar-refractivity contribution < 1.29 is 4.21 Å². The van der Waals surface area contributed by atoms with E-state index in [1.165, 1.54) is 0 Å². The zero-order valence-electron chi connectivity index (χ0n) is 9.99. The Bertz CT molecular complexity index is 410. The van der Waals surface area contributed by atoms with Crippen LogP contribution in [0.5, 0.6) is 0 Å². The van der Waals surface area contributed by atoms with E-state index >= 15 is 0 Å². The van der Waals surface area contributed by atoms with E-state index in [1.807, 2.05) is 31.3 Å². The second kappa shape index (κ2) is 5.98. The summed E-state index contributed by atoms with van der Waals surface area (Å²) in [6.45, 7) is 0. The van der Waals surface area contributed by atoms with Crippen molar-refractivity contribution in [2.24, 2.45) is 0 Å². The van der Waals surface area contributed by atoms with Gasteiger partial charge in [0.25, 0.3) is 0 Å². The average Bonchev–Trinajstić information content (AvgIpc) is 2.81. The minimum Gasteiger partial charge on any atom is -0.317 e. The molecule has 0 saturated heterocycles. The van der Waals surface area contributed by atoms with Crippen LogP contribution in [0.1, 0.15) is 24.8 Å².